The fourth-order valence-corrected chi connectivity index (χ4v) is 11.5. The molecule has 7 heteroatoms. The van der Waals surface area contributed by atoms with Crippen molar-refractivity contribution in [1.82, 2.24) is 0 Å². The molecular formula is C36H53NO5S. The fraction of sp³-hybridized carbons (Fsp3) is 0.722. The molecule has 1 aromatic carbocycles. The first-order valence-corrected chi connectivity index (χ1v) is 17.2. The summed E-state index contributed by atoms with van der Waals surface area (Å²) >= 11 is 1.93. The predicted octanol–water partition coefficient (Wildman–Crippen LogP) is 7.92. The van der Waals surface area contributed by atoms with E-state index in [0.29, 0.717) is 16.9 Å². The van der Waals surface area contributed by atoms with Crippen molar-refractivity contribution in [2.75, 3.05) is 13.7 Å². The molecule has 5 rings (SSSR count). The van der Waals surface area contributed by atoms with Gasteiger partial charge in [-0.15, -0.1) is 11.8 Å². The van der Waals surface area contributed by atoms with Crippen LogP contribution < -0.4 is 10.5 Å². The second-order valence-corrected chi connectivity index (χ2v) is 17.1. The minimum Gasteiger partial charge on any atom is -0.504 e. The molecule has 43 heavy (non-hydrogen) atoms. The third-order valence-electron chi connectivity index (χ3n) is 12.9. The van der Waals surface area contributed by atoms with Crippen LogP contribution in [0.2, 0.25) is 0 Å². The van der Waals surface area contributed by atoms with E-state index in [4.69, 9.17) is 15.2 Å². The van der Waals surface area contributed by atoms with Gasteiger partial charge in [-0.25, -0.2) is 4.79 Å². The highest BCUT2D eigenvalue weighted by molar-refractivity contribution is 8.00. The van der Waals surface area contributed by atoms with E-state index in [-0.39, 0.29) is 45.2 Å². The van der Waals surface area contributed by atoms with E-state index >= 15 is 0 Å². The molecule has 0 radical (unpaired) electrons. The molecule has 4 aliphatic rings. The van der Waals surface area contributed by atoms with E-state index in [1.54, 1.807) is 0 Å². The van der Waals surface area contributed by atoms with Crippen LogP contribution in [0.4, 0.5) is 0 Å². The van der Waals surface area contributed by atoms with Crippen molar-refractivity contribution in [3.05, 3.63) is 34.4 Å². The minimum atomic E-state index is -0.477. The molecule has 0 bridgehead atoms. The lowest BCUT2D eigenvalue weighted by atomic mass is 9.33. The number of allylic oxidation sites excluding steroid dienone is 1. The van der Waals surface area contributed by atoms with Crippen LogP contribution in [0.5, 0.6) is 11.5 Å². The number of rotatable bonds is 7. The second-order valence-electron chi connectivity index (χ2n) is 15.4. The Hall–Kier alpha value is -2.15. The van der Waals surface area contributed by atoms with Gasteiger partial charge in [0.25, 0.3) is 0 Å². The molecule has 0 aromatic heterocycles. The molecule has 0 saturated heterocycles. The number of phenolic OH excluding ortho intramolecular Hbond substituents is 1. The number of aromatic hydroxyl groups is 1. The number of thioether (sulfide) groups is 1. The number of amides is 1. The summed E-state index contributed by atoms with van der Waals surface area (Å²) in [4.78, 5) is 24.7. The zero-order valence-corrected chi connectivity index (χ0v) is 28.6. The molecule has 6 nitrogen and oxygen atoms in total. The SMILES string of the molecule is CC[C@@]12CC[C@]3(C)C(=CC(SC(C)C)c4c3cc(O)c(OCC(=O)OC)c4C)[C@@]1(C)CC[C@@]1(C)CC[C@@](C)(C(N)=O)C[C@H]12. The largest absolute Gasteiger partial charge is 0.504 e. The lowest BCUT2D eigenvalue weighted by Crippen LogP contribution is -2.64. The van der Waals surface area contributed by atoms with E-state index in [9.17, 15) is 14.7 Å². The highest BCUT2D eigenvalue weighted by Gasteiger charge is 2.68. The maximum Gasteiger partial charge on any atom is 0.343 e. The maximum atomic E-state index is 12.8. The minimum absolute atomic E-state index is 0.0497. The van der Waals surface area contributed by atoms with Crippen LogP contribution in [0.25, 0.3) is 0 Å². The summed E-state index contributed by atoms with van der Waals surface area (Å²) in [5, 5.41) is 11.8. The monoisotopic (exact) mass is 611 g/mol. The van der Waals surface area contributed by atoms with E-state index in [1.807, 2.05) is 24.8 Å². The molecule has 1 unspecified atom stereocenters. The molecule has 0 aliphatic heterocycles. The lowest BCUT2D eigenvalue weighted by molar-refractivity contribution is -0.174. The number of carbonyl (C=O) groups is 2. The number of methoxy groups -OCH3 is 1. The Kier molecular flexibility index (Phi) is 8.05. The van der Waals surface area contributed by atoms with Gasteiger partial charge < -0.3 is 20.3 Å². The van der Waals surface area contributed by atoms with Crippen LogP contribution in [0.15, 0.2) is 17.7 Å². The highest BCUT2D eigenvalue weighted by Crippen LogP contribution is 2.76. The Morgan fingerprint density at radius 2 is 1.77 bits per heavy atom. The molecule has 3 N–H and O–H groups in total. The van der Waals surface area contributed by atoms with Gasteiger partial charge in [0.05, 0.1) is 7.11 Å². The molecule has 1 aromatic rings. The van der Waals surface area contributed by atoms with Gasteiger partial charge in [0.1, 0.15) is 0 Å². The topological polar surface area (TPSA) is 98.8 Å². The average Bonchev–Trinajstić information content (AvgIpc) is 2.94. The molecule has 238 valence electrons. The van der Waals surface area contributed by atoms with Gasteiger partial charge in [-0.3, -0.25) is 4.79 Å². The molecule has 3 saturated carbocycles. The smallest absolute Gasteiger partial charge is 0.343 e. The van der Waals surface area contributed by atoms with Crippen LogP contribution >= 0.6 is 11.8 Å². The third-order valence-corrected chi connectivity index (χ3v) is 14.1. The van der Waals surface area contributed by atoms with Crippen LogP contribution in [0.3, 0.4) is 0 Å². The first-order chi connectivity index (χ1) is 20.0. The Balaban J connectivity index is 1.68. The van der Waals surface area contributed by atoms with Gasteiger partial charge in [0.2, 0.25) is 5.91 Å². The number of hydrogen-bond donors (Lipinski definition) is 2. The zero-order chi connectivity index (χ0) is 31.8. The van der Waals surface area contributed by atoms with Gasteiger partial charge in [-0.05, 0) is 108 Å². The Bertz CT molecular complexity index is 1360. The number of esters is 1. The van der Waals surface area contributed by atoms with E-state index in [1.165, 1.54) is 23.8 Å². The van der Waals surface area contributed by atoms with Gasteiger partial charge in [-0.1, -0.05) is 60.1 Å². The Morgan fingerprint density at radius 3 is 2.37 bits per heavy atom. The molecule has 0 heterocycles. The number of hydrogen-bond acceptors (Lipinski definition) is 6. The molecule has 1 amide bonds. The van der Waals surface area contributed by atoms with Gasteiger partial charge in [0.15, 0.2) is 18.1 Å². The third kappa shape index (κ3) is 4.65. The predicted molar refractivity (Wildman–Crippen MR) is 173 cm³/mol. The summed E-state index contributed by atoms with van der Waals surface area (Å²) < 4.78 is 10.7. The van der Waals surface area contributed by atoms with Crippen LogP contribution in [-0.4, -0.2) is 35.9 Å². The van der Waals surface area contributed by atoms with Crippen molar-refractivity contribution in [3.63, 3.8) is 0 Å². The molecule has 4 aliphatic carbocycles. The van der Waals surface area contributed by atoms with E-state index in [2.05, 4.69) is 54.5 Å². The van der Waals surface area contributed by atoms with Crippen LogP contribution in [-0.2, 0) is 19.7 Å². The molecular weight excluding hydrogens is 558 g/mol. The fourth-order valence-electron chi connectivity index (χ4n) is 10.2. The zero-order valence-electron chi connectivity index (χ0n) is 27.8. The first kappa shape index (κ1) is 32.2. The van der Waals surface area contributed by atoms with Crippen molar-refractivity contribution in [1.29, 1.82) is 0 Å². The normalized spacial score (nSPS) is 38.2. The van der Waals surface area contributed by atoms with Crippen molar-refractivity contribution < 1.29 is 24.2 Å². The van der Waals surface area contributed by atoms with Crippen molar-refractivity contribution in [3.8, 4) is 11.5 Å². The van der Waals surface area contributed by atoms with E-state index < -0.39 is 11.4 Å². The summed E-state index contributed by atoms with van der Waals surface area (Å²) in [7, 11) is 1.34. The quantitative estimate of drug-likeness (QED) is 0.240. The first-order valence-electron chi connectivity index (χ1n) is 16.3. The summed E-state index contributed by atoms with van der Waals surface area (Å²) in [6, 6.07) is 1.93. The molecule has 0 spiro atoms. The number of benzene rings is 1. The number of nitrogens with two attached hydrogens (primary N) is 1. The van der Waals surface area contributed by atoms with Crippen LogP contribution in [0, 0.1) is 34.5 Å². The number of phenols is 1. The molecule has 7 atom stereocenters. The van der Waals surface area contributed by atoms with Crippen molar-refractivity contribution in [2.24, 2.45) is 33.3 Å². The average molecular weight is 612 g/mol. The number of carbonyl (C=O) groups excluding carboxylic acids is 2. The van der Waals surface area contributed by atoms with Crippen molar-refractivity contribution >= 4 is 23.6 Å². The van der Waals surface area contributed by atoms with E-state index in [0.717, 1.165) is 56.9 Å². The standard InChI is InChI=1S/C36H53NO5S/c1-10-36-16-14-34(7)23-17-24(38)30(42-20-28(39)41-9)22(4)29(23)25(43-21(2)3)18-26(34)35(36,8)15-13-32(5)11-12-33(6,31(37)40)19-27(32)36/h17-18,21,25,27,38H,10-16,19-20H2,1-9H3,(H2,37,40)/t25?,27-,32-,33-,34+,35-,36+/m1/s1. The molecule has 3 fully saturated rings. The highest BCUT2D eigenvalue weighted by atomic mass is 32.2. The second kappa shape index (κ2) is 10.7. The van der Waals surface area contributed by atoms with Gasteiger partial charge >= 0.3 is 5.97 Å². The van der Waals surface area contributed by atoms with Crippen molar-refractivity contribution in [2.45, 2.75) is 123 Å². The van der Waals surface area contributed by atoms with Gasteiger partial charge in [0, 0.05) is 16.1 Å². The van der Waals surface area contributed by atoms with Gasteiger partial charge in [-0.2, -0.15) is 0 Å². The Morgan fingerprint density at radius 1 is 1.09 bits per heavy atom. The maximum absolute atomic E-state index is 12.8. The lowest BCUT2D eigenvalue weighted by Gasteiger charge is -2.71. The summed E-state index contributed by atoms with van der Waals surface area (Å²) in [5.74, 6) is 0.236. The number of ether oxygens (including phenoxy) is 2. The summed E-state index contributed by atoms with van der Waals surface area (Å²) in [5.41, 5.74) is 10.4. The summed E-state index contributed by atoms with van der Waals surface area (Å²) in [6.07, 6.45) is 10.8. The summed E-state index contributed by atoms with van der Waals surface area (Å²) in [6.45, 7) is 18.1. The van der Waals surface area contributed by atoms with Crippen LogP contribution in [0.1, 0.15) is 122 Å². The number of primary amides is 1. The number of fused-ring (bicyclic) bond motifs is 7. The Labute approximate surface area is 262 Å².